The molecule has 0 heterocycles. The second-order valence-electron chi connectivity index (χ2n) is 6.62. The maximum atomic E-state index is 11.6. The smallest absolute Gasteiger partial charge is 0.323 e. The molecule has 5 heteroatoms. The number of carbonyl (C=O) groups is 2. The average molecular weight is 273 g/mol. The number of hydrogen-bond acceptors (Lipinski definition) is 5. The van der Waals surface area contributed by atoms with Gasteiger partial charge in [-0.2, -0.15) is 0 Å². The minimum atomic E-state index is -0.693. The molecule has 112 valence electrons. The molecule has 0 saturated carbocycles. The van der Waals surface area contributed by atoms with Gasteiger partial charge in [-0.3, -0.25) is 9.59 Å². The Kier molecular flexibility index (Phi) is 6.49. The highest BCUT2D eigenvalue weighted by Crippen LogP contribution is 2.12. The van der Waals surface area contributed by atoms with Crippen molar-refractivity contribution in [2.45, 2.75) is 78.0 Å². The zero-order valence-corrected chi connectivity index (χ0v) is 12.9. The van der Waals surface area contributed by atoms with E-state index in [0.29, 0.717) is 12.8 Å². The number of hydrogen-bond donors (Lipinski definition) is 1. The van der Waals surface area contributed by atoms with Crippen LogP contribution in [0.25, 0.3) is 0 Å². The molecule has 0 aromatic heterocycles. The molecule has 0 aliphatic rings. The first-order valence-corrected chi connectivity index (χ1v) is 6.61. The maximum absolute atomic E-state index is 11.6. The van der Waals surface area contributed by atoms with Crippen molar-refractivity contribution < 1.29 is 19.1 Å². The molecule has 0 bridgehead atoms. The monoisotopic (exact) mass is 273 g/mol. The van der Waals surface area contributed by atoms with Gasteiger partial charge in [0.2, 0.25) is 0 Å². The van der Waals surface area contributed by atoms with Crippen molar-refractivity contribution in [3.8, 4) is 0 Å². The molecule has 19 heavy (non-hydrogen) atoms. The zero-order chi connectivity index (χ0) is 15.3. The Morgan fingerprint density at radius 1 is 1.00 bits per heavy atom. The Hall–Kier alpha value is -1.10. The summed E-state index contributed by atoms with van der Waals surface area (Å²) in [4.78, 5) is 23.1. The largest absolute Gasteiger partial charge is 0.460 e. The van der Waals surface area contributed by atoms with Crippen LogP contribution in [0.3, 0.4) is 0 Å². The molecule has 0 spiro atoms. The highest BCUT2D eigenvalue weighted by atomic mass is 16.6. The Balaban J connectivity index is 3.95. The van der Waals surface area contributed by atoms with Crippen molar-refractivity contribution in [3.63, 3.8) is 0 Å². The topological polar surface area (TPSA) is 78.6 Å². The SMILES string of the molecule is CC(C)(C)OC(=O)CCCC(N)C(=O)OC(C)(C)C. The summed E-state index contributed by atoms with van der Waals surface area (Å²) in [5.74, 6) is -0.708. The fraction of sp³-hybridized carbons (Fsp3) is 0.857. The van der Waals surface area contributed by atoms with E-state index in [-0.39, 0.29) is 12.4 Å². The summed E-state index contributed by atoms with van der Waals surface area (Å²) in [7, 11) is 0. The minimum Gasteiger partial charge on any atom is -0.460 e. The van der Waals surface area contributed by atoms with E-state index < -0.39 is 23.2 Å². The van der Waals surface area contributed by atoms with Crippen LogP contribution in [0.15, 0.2) is 0 Å². The zero-order valence-electron chi connectivity index (χ0n) is 12.9. The molecule has 0 radical (unpaired) electrons. The van der Waals surface area contributed by atoms with Gasteiger partial charge in [-0.05, 0) is 54.4 Å². The summed E-state index contributed by atoms with van der Waals surface area (Å²) in [5, 5.41) is 0. The first-order valence-electron chi connectivity index (χ1n) is 6.61. The van der Waals surface area contributed by atoms with E-state index in [2.05, 4.69) is 0 Å². The van der Waals surface area contributed by atoms with Crippen molar-refractivity contribution in [2.75, 3.05) is 0 Å². The van der Waals surface area contributed by atoms with Gasteiger partial charge < -0.3 is 15.2 Å². The summed E-state index contributed by atoms with van der Waals surface area (Å²) in [6.07, 6.45) is 1.18. The van der Waals surface area contributed by atoms with Gasteiger partial charge in [-0.15, -0.1) is 0 Å². The normalized spacial score (nSPS) is 13.8. The van der Waals surface area contributed by atoms with Crippen LogP contribution in [0.5, 0.6) is 0 Å². The van der Waals surface area contributed by atoms with Crippen molar-refractivity contribution in [1.29, 1.82) is 0 Å². The molecular weight excluding hydrogens is 246 g/mol. The van der Waals surface area contributed by atoms with Crippen molar-refractivity contribution in [2.24, 2.45) is 5.73 Å². The van der Waals surface area contributed by atoms with Crippen LogP contribution in [-0.4, -0.2) is 29.2 Å². The summed E-state index contributed by atoms with van der Waals surface area (Å²) in [6.45, 7) is 10.8. The number of carbonyl (C=O) groups excluding carboxylic acids is 2. The average Bonchev–Trinajstić information content (AvgIpc) is 2.11. The summed E-state index contributed by atoms with van der Waals surface area (Å²) in [6, 6.07) is -0.693. The van der Waals surface area contributed by atoms with Crippen molar-refractivity contribution in [3.05, 3.63) is 0 Å². The van der Waals surface area contributed by atoms with Gasteiger partial charge >= 0.3 is 11.9 Å². The molecule has 0 fully saturated rings. The van der Waals surface area contributed by atoms with Gasteiger partial charge in [0.25, 0.3) is 0 Å². The number of rotatable bonds is 5. The lowest BCUT2D eigenvalue weighted by Gasteiger charge is -2.22. The third-order valence-corrected chi connectivity index (χ3v) is 2.03. The molecular formula is C14H27NO4. The second-order valence-corrected chi connectivity index (χ2v) is 6.62. The van der Waals surface area contributed by atoms with Crippen molar-refractivity contribution in [1.82, 2.24) is 0 Å². The fourth-order valence-electron chi connectivity index (χ4n) is 1.35. The lowest BCUT2D eigenvalue weighted by Crippen LogP contribution is -2.37. The molecule has 0 amide bonds. The van der Waals surface area contributed by atoms with Gasteiger partial charge in [0, 0.05) is 6.42 Å². The Labute approximate surface area is 115 Å². The third kappa shape index (κ3) is 10.5. The van der Waals surface area contributed by atoms with E-state index >= 15 is 0 Å². The standard InChI is InChI=1S/C14H27NO4/c1-13(2,3)18-11(16)9-7-8-10(15)12(17)19-14(4,5)6/h10H,7-9,15H2,1-6H3. The van der Waals surface area contributed by atoms with E-state index in [1.165, 1.54) is 0 Å². The third-order valence-electron chi connectivity index (χ3n) is 2.03. The quantitative estimate of drug-likeness (QED) is 0.777. The van der Waals surface area contributed by atoms with Gasteiger partial charge in [0.15, 0.2) is 0 Å². The van der Waals surface area contributed by atoms with Crippen LogP contribution in [0.2, 0.25) is 0 Å². The van der Waals surface area contributed by atoms with Crippen LogP contribution in [0.4, 0.5) is 0 Å². The first kappa shape index (κ1) is 17.9. The highest BCUT2D eigenvalue weighted by Gasteiger charge is 2.22. The number of nitrogens with two attached hydrogens (primary N) is 1. The summed E-state index contributed by atoms with van der Waals surface area (Å²) < 4.78 is 10.3. The molecule has 2 N–H and O–H groups in total. The molecule has 0 aliphatic heterocycles. The predicted octanol–water partition coefficient (Wildman–Crippen LogP) is 2.17. The second kappa shape index (κ2) is 6.89. The van der Waals surface area contributed by atoms with Gasteiger partial charge in [-0.25, -0.2) is 0 Å². The molecule has 0 rings (SSSR count). The van der Waals surface area contributed by atoms with Crippen LogP contribution >= 0.6 is 0 Å². The maximum Gasteiger partial charge on any atom is 0.323 e. The lowest BCUT2D eigenvalue weighted by molar-refractivity contribution is -0.158. The molecule has 0 aromatic rings. The van der Waals surface area contributed by atoms with Gasteiger partial charge in [0.1, 0.15) is 17.2 Å². The number of esters is 2. The highest BCUT2D eigenvalue weighted by molar-refractivity contribution is 5.76. The molecule has 0 aromatic carbocycles. The lowest BCUT2D eigenvalue weighted by atomic mass is 10.1. The van der Waals surface area contributed by atoms with Crippen LogP contribution < -0.4 is 5.73 Å². The van der Waals surface area contributed by atoms with Gasteiger partial charge in [-0.1, -0.05) is 0 Å². The van der Waals surface area contributed by atoms with E-state index in [0.717, 1.165) is 0 Å². The van der Waals surface area contributed by atoms with E-state index in [1.807, 2.05) is 20.8 Å². The Bertz CT molecular complexity index is 312. The van der Waals surface area contributed by atoms with Crippen LogP contribution in [0, 0.1) is 0 Å². The van der Waals surface area contributed by atoms with Crippen LogP contribution in [0.1, 0.15) is 60.8 Å². The summed E-state index contributed by atoms with van der Waals surface area (Å²) in [5.41, 5.74) is 4.69. The van der Waals surface area contributed by atoms with E-state index in [1.54, 1.807) is 20.8 Å². The minimum absolute atomic E-state index is 0.258. The predicted molar refractivity (Wildman–Crippen MR) is 73.5 cm³/mol. The van der Waals surface area contributed by atoms with E-state index in [4.69, 9.17) is 15.2 Å². The molecule has 0 aliphatic carbocycles. The Morgan fingerprint density at radius 3 is 1.89 bits per heavy atom. The van der Waals surface area contributed by atoms with E-state index in [9.17, 15) is 9.59 Å². The van der Waals surface area contributed by atoms with Crippen LogP contribution in [-0.2, 0) is 19.1 Å². The molecule has 0 saturated heterocycles. The van der Waals surface area contributed by atoms with Gasteiger partial charge in [0.05, 0.1) is 0 Å². The van der Waals surface area contributed by atoms with Crippen molar-refractivity contribution >= 4 is 11.9 Å². The fourth-order valence-corrected chi connectivity index (χ4v) is 1.35. The summed E-state index contributed by atoms with van der Waals surface area (Å²) >= 11 is 0. The Morgan fingerprint density at radius 2 is 1.47 bits per heavy atom. The molecule has 1 atom stereocenters. The molecule has 1 unspecified atom stereocenters. The number of ether oxygens (including phenoxy) is 2. The first-order chi connectivity index (χ1) is 8.41. The molecule has 5 nitrogen and oxygen atoms in total.